The number of aliphatic imine (C=N–C) groups is 1. The summed E-state index contributed by atoms with van der Waals surface area (Å²) in [6.07, 6.45) is 2.30. The Morgan fingerprint density at radius 2 is 2.56 bits per heavy atom. The normalized spacial score (nSPS) is 33.0. The zero-order chi connectivity index (χ0) is 6.85. The van der Waals surface area contributed by atoms with Crippen LogP contribution < -0.4 is 5.73 Å². The predicted octanol–water partition coefficient (Wildman–Crippen LogP) is -0.387. The lowest BCUT2D eigenvalue weighted by atomic mass is 10.2. The lowest BCUT2D eigenvalue weighted by Crippen LogP contribution is -2.25. The van der Waals surface area contributed by atoms with Gasteiger partial charge in [0.1, 0.15) is 6.04 Å². The summed E-state index contributed by atoms with van der Waals surface area (Å²) in [6, 6.07) is -0.326. The third-order valence-corrected chi connectivity index (χ3v) is 1.58. The van der Waals surface area contributed by atoms with Crippen LogP contribution in [0.25, 0.3) is 0 Å². The summed E-state index contributed by atoms with van der Waals surface area (Å²) in [4.78, 5) is 14.3. The summed E-state index contributed by atoms with van der Waals surface area (Å²) in [5.41, 5.74) is 4.97. The first-order valence-corrected chi connectivity index (χ1v) is 3.22. The van der Waals surface area contributed by atoms with Crippen molar-refractivity contribution in [2.75, 3.05) is 0 Å². The van der Waals surface area contributed by atoms with Gasteiger partial charge in [-0.25, -0.2) is 0 Å². The molecule has 0 bridgehead atoms. The topological polar surface area (TPSA) is 55.5 Å². The quantitative estimate of drug-likeness (QED) is 0.484. The van der Waals surface area contributed by atoms with Crippen LogP contribution in [-0.2, 0) is 4.79 Å². The van der Waals surface area contributed by atoms with E-state index in [1.165, 1.54) is 0 Å². The minimum Gasteiger partial charge on any atom is -0.368 e. The summed E-state index contributed by atoms with van der Waals surface area (Å²) < 4.78 is 0. The van der Waals surface area contributed by atoms with Crippen molar-refractivity contribution in [3.8, 4) is 0 Å². The van der Waals surface area contributed by atoms with E-state index in [0.717, 1.165) is 0 Å². The molecule has 2 N–H and O–H groups in total. The lowest BCUT2D eigenvalue weighted by molar-refractivity contribution is -0.119. The van der Waals surface area contributed by atoms with Gasteiger partial charge in [-0.2, -0.15) is 12.6 Å². The summed E-state index contributed by atoms with van der Waals surface area (Å²) in [5.74, 6) is -0.359. The molecule has 0 saturated heterocycles. The Labute approximate surface area is 58.7 Å². The van der Waals surface area contributed by atoms with Gasteiger partial charge in [-0.1, -0.05) is 0 Å². The maximum absolute atomic E-state index is 10.4. The fourth-order valence-electron chi connectivity index (χ4n) is 0.743. The van der Waals surface area contributed by atoms with Gasteiger partial charge >= 0.3 is 0 Å². The molecule has 0 aliphatic carbocycles. The minimum absolute atomic E-state index is 0.113. The number of carbonyl (C=O) groups is 1. The standard InChI is InChI=1S/C5H8N2OS/c6-5(8)4-1-3(9)2-7-4/h2-4,9H,1H2,(H2,6,8). The lowest BCUT2D eigenvalue weighted by Gasteiger charge is -1.99. The van der Waals surface area contributed by atoms with Gasteiger partial charge in [0.25, 0.3) is 0 Å². The maximum Gasteiger partial charge on any atom is 0.242 e. The second-order valence-corrected chi connectivity index (χ2v) is 2.68. The van der Waals surface area contributed by atoms with Gasteiger partial charge in [0.2, 0.25) is 5.91 Å². The van der Waals surface area contributed by atoms with E-state index in [4.69, 9.17) is 5.73 Å². The average molecular weight is 144 g/mol. The van der Waals surface area contributed by atoms with Crippen LogP contribution in [0.4, 0.5) is 0 Å². The molecule has 1 aliphatic rings. The van der Waals surface area contributed by atoms with E-state index in [9.17, 15) is 4.79 Å². The summed E-state index contributed by atoms with van der Waals surface area (Å²) >= 11 is 4.09. The molecule has 0 spiro atoms. The highest BCUT2D eigenvalue weighted by Gasteiger charge is 2.21. The molecule has 9 heavy (non-hydrogen) atoms. The molecule has 0 saturated carbocycles. The van der Waals surface area contributed by atoms with Crippen molar-refractivity contribution < 1.29 is 4.79 Å². The van der Waals surface area contributed by atoms with Crippen molar-refractivity contribution in [3.05, 3.63) is 0 Å². The van der Waals surface area contributed by atoms with Crippen LogP contribution in [0.3, 0.4) is 0 Å². The number of carbonyl (C=O) groups excluding carboxylic acids is 1. The molecule has 0 aromatic rings. The molecule has 1 amide bonds. The highest BCUT2D eigenvalue weighted by Crippen LogP contribution is 2.12. The highest BCUT2D eigenvalue weighted by molar-refractivity contribution is 7.81. The van der Waals surface area contributed by atoms with Gasteiger partial charge in [0, 0.05) is 11.5 Å². The van der Waals surface area contributed by atoms with Crippen LogP contribution in [0.2, 0.25) is 0 Å². The van der Waals surface area contributed by atoms with Crippen molar-refractivity contribution in [1.82, 2.24) is 0 Å². The van der Waals surface area contributed by atoms with Crippen molar-refractivity contribution in [3.63, 3.8) is 0 Å². The molecule has 50 valence electrons. The Hall–Kier alpha value is -0.510. The molecular formula is C5H8N2OS. The number of amides is 1. The van der Waals surface area contributed by atoms with Crippen LogP contribution in [0.5, 0.6) is 0 Å². The third-order valence-electron chi connectivity index (χ3n) is 1.23. The number of thiol groups is 1. The van der Waals surface area contributed by atoms with Gasteiger partial charge in [-0.05, 0) is 6.42 Å². The van der Waals surface area contributed by atoms with E-state index in [0.29, 0.717) is 6.42 Å². The number of primary amides is 1. The smallest absolute Gasteiger partial charge is 0.242 e. The number of nitrogens with zero attached hydrogens (tertiary/aromatic N) is 1. The first-order chi connectivity index (χ1) is 4.20. The Kier molecular flexibility index (Phi) is 1.75. The Bertz CT molecular complexity index is 157. The molecule has 2 unspecified atom stereocenters. The molecular weight excluding hydrogens is 136 g/mol. The maximum atomic E-state index is 10.4. The van der Waals surface area contributed by atoms with Gasteiger partial charge < -0.3 is 5.73 Å². The van der Waals surface area contributed by atoms with Crippen LogP contribution >= 0.6 is 12.6 Å². The Morgan fingerprint density at radius 3 is 2.78 bits per heavy atom. The summed E-state index contributed by atoms with van der Waals surface area (Å²) in [7, 11) is 0. The van der Waals surface area contributed by atoms with Crippen molar-refractivity contribution >= 4 is 24.8 Å². The molecule has 2 atom stereocenters. The van der Waals surface area contributed by atoms with E-state index in [1.807, 2.05) is 0 Å². The van der Waals surface area contributed by atoms with Crippen molar-refractivity contribution in [2.24, 2.45) is 10.7 Å². The van der Waals surface area contributed by atoms with Gasteiger partial charge in [-0.15, -0.1) is 0 Å². The highest BCUT2D eigenvalue weighted by atomic mass is 32.1. The van der Waals surface area contributed by atoms with Gasteiger partial charge in [0.15, 0.2) is 0 Å². The van der Waals surface area contributed by atoms with Gasteiger partial charge in [-0.3, -0.25) is 9.79 Å². The molecule has 0 fully saturated rings. The van der Waals surface area contributed by atoms with E-state index in [1.54, 1.807) is 6.21 Å². The Morgan fingerprint density at radius 1 is 1.89 bits per heavy atom. The molecule has 4 heteroatoms. The largest absolute Gasteiger partial charge is 0.368 e. The predicted molar refractivity (Wildman–Crippen MR) is 38.9 cm³/mol. The van der Waals surface area contributed by atoms with Crippen LogP contribution in [0.15, 0.2) is 4.99 Å². The monoisotopic (exact) mass is 144 g/mol. The SMILES string of the molecule is NC(=O)C1CC(S)C=N1. The van der Waals surface area contributed by atoms with Crippen molar-refractivity contribution in [1.29, 1.82) is 0 Å². The zero-order valence-corrected chi connectivity index (χ0v) is 5.71. The van der Waals surface area contributed by atoms with Crippen LogP contribution in [-0.4, -0.2) is 23.4 Å². The minimum atomic E-state index is -0.359. The summed E-state index contributed by atoms with van der Waals surface area (Å²) in [5, 5.41) is 0.113. The molecule has 0 aromatic carbocycles. The van der Waals surface area contributed by atoms with E-state index >= 15 is 0 Å². The van der Waals surface area contributed by atoms with Gasteiger partial charge in [0.05, 0.1) is 0 Å². The molecule has 0 radical (unpaired) electrons. The van der Waals surface area contributed by atoms with E-state index < -0.39 is 0 Å². The third kappa shape index (κ3) is 1.45. The fraction of sp³-hybridized carbons (Fsp3) is 0.600. The van der Waals surface area contributed by atoms with E-state index in [2.05, 4.69) is 17.6 Å². The first kappa shape index (κ1) is 6.61. The molecule has 1 rings (SSSR count). The average Bonchev–Trinajstić information content (AvgIpc) is 2.14. The zero-order valence-electron chi connectivity index (χ0n) is 4.82. The molecule has 1 aliphatic heterocycles. The molecule has 1 heterocycles. The molecule has 0 aromatic heterocycles. The summed E-state index contributed by atoms with van der Waals surface area (Å²) in [6.45, 7) is 0. The molecule has 3 nitrogen and oxygen atoms in total. The number of hydrogen-bond acceptors (Lipinski definition) is 3. The van der Waals surface area contributed by atoms with Crippen molar-refractivity contribution in [2.45, 2.75) is 17.7 Å². The number of hydrogen-bond donors (Lipinski definition) is 2. The fourth-order valence-corrected chi connectivity index (χ4v) is 1.02. The Balaban J connectivity index is 2.50. The van der Waals surface area contributed by atoms with Crippen LogP contribution in [0, 0.1) is 0 Å². The second kappa shape index (κ2) is 2.39. The second-order valence-electron chi connectivity index (χ2n) is 2.02. The first-order valence-electron chi connectivity index (χ1n) is 2.71. The van der Waals surface area contributed by atoms with E-state index in [-0.39, 0.29) is 17.2 Å². The van der Waals surface area contributed by atoms with Crippen LogP contribution in [0.1, 0.15) is 6.42 Å². The number of nitrogens with two attached hydrogens (primary N) is 1. The number of rotatable bonds is 1.